The first kappa shape index (κ1) is 21.0. The molecule has 0 spiro atoms. The highest BCUT2D eigenvalue weighted by molar-refractivity contribution is 5.59. The second kappa shape index (κ2) is 7.89. The van der Waals surface area contributed by atoms with Gasteiger partial charge in [-0.1, -0.05) is 72.8 Å². The van der Waals surface area contributed by atoms with Crippen LogP contribution in [0.4, 0.5) is 0 Å². The Morgan fingerprint density at radius 1 is 0.394 bits per heavy atom. The minimum atomic E-state index is -0.735. The molecular weight excluding hydrogens is 412 g/mol. The molecule has 33 heavy (non-hydrogen) atoms. The molecule has 0 bridgehead atoms. The summed E-state index contributed by atoms with van der Waals surface area (Å²) in [5, 5.41) is 43.7. The summed E-state index contributed by atoms with van der Waals surface area (Å²) in [6.07, 6.45) is 1.65. The largest absolute Gasteiger partial charge is 0.508 e. The van der Waals surface area contributed by atoms with E-state index in [1.54, 1.807) is 48.5 Å². The van der Waals surface area contributed by atoms with Crippen molar-refractivity contribution in [3.8, 4) is 23.0 Å². The molecule has 0 aliphatic heterocycles. The number of benzene rings is 4. The zero-order valence-electron chi connectivity index (χ0n) is 18.1. The highest BCUT2D eigenvalue weighted by atomic mass is 16.3. The standard InChI is InChI=1S/C29H26O4/c30-24-13-5-1-9-20(24)28(21-10-2-6-14-25(21)31)17-18-29(19-28,22-11-3-7-15-26(22)32)23-12-4-8-16-27(23)33/h1-16,30-33H,17-19H2. The second-order valence-electron chi connectivity index (χ2n) is 8.91. The Labute approximate surface area is 193 Å². The molecule has 4 nitrogen and oxygen atoms in total. The van der Waals surface area contributed by atoms with Gasteiger partial charge in [-0.05, 0) is 43.5 Å². The molecule has 0 unspecified atom stereocenters. The summed E-state index contributed by atoms with van der Waals surface area (Å²) in [4.78, 5) is 0. The maximum absolute atomic E-state index is 10.9. The summed E-state index contributed by atoms with van der Waals surface area (Å²) in [5.74, 6) is 0.634. The van der Waals surface area contributed by atoms with Crippen LogP contribution >= 0.6 is 0 Å². The first-order chi connectivity index (χ1) is 16.0. The molecule has 0 radical (unpaired) electrons. The molecule has 1 aliphatic rings. The van der Waals surface area contributed by atoms with Crippen LogP contribution in [0.2, 0.25) is 0 Å². The monoisotopic (exact) mass is 438 g/mol. The van der Waals surface area contributed by atoms with Gasteiger partial charge in [0, 0.05) is 33.1 Å². The number of hydrogen-bond acceptors (Lipinski definition) is 4. The third-order valence-corrected chi connectivity index (χ3v) is 7.26. The van der Waals surface area contributed by atoms with Crippen LogP contribution in [-0.4, -0.2) is 20.4 Å². The zero-order valence-corrected chi connectivity index (χ0v) is 18.1. The average molecular weight is 439 g/mol. The third kappa shape index (κ3) is 3.21. The van der Waals surface area contributed by atoms with Crippen molar-refractivity contribution in [2.24, 2.45) is 0 Å². The summed E-state index contributed by atoms with van der Waals surface area (Å²) >= 11 is 0. The van der Waals surface area contributed by atoms with Gasteiger partial charge in [-0.2, -0.15) is 0 Å². The van der Waals surface area contributed by atoms with Gasteiger partial charge < -0.3 is 20.4 Å². The predicted molar refractivity (Wildman–Crippen MR) is 128 cm³/mol. The fourth-order valence-corrected chi connectivity index (χ4v) is 5.84. The van der Waals surface area contributed by atoms with Crippen molar-refractivity contribution in [1.29, 1.82) is 0 Å². The van der Waals surface area contributed by atoms with Gasteiger partial charge in [-0.15, -0.1) is 0 Å². The summed E-state index contributed by atoms with van der Waals surface area (Å²) in [6, 6.07) is 28.9. The lowest BCUT2D eigenvalue weighted by molar-refractivity contribution is 0.387. The van der Waals surface area contributed by atoms with Crippen molar-refractivity contribution >= 4 is 0 Å². The first-order valence-corrected chi connectivity index (χ1v) is 11.1. The lowest BCUT2D eigenvalue weighted by Gasteiger charge is -2.37. The number of aromatic hydroxyl groups is 4. The van der Waals surface area contributed by atoms with Crippen LogP contribution in [0, 0.1) is 0 Å². The van der Waals surface area contributed by atoms with E-state index in [4.69, 9.17) is 0 Å². The van der Waals surface area contributed by atoms with Crippen LogP contribution in [0.25, 0.3) is 0 Å². The molecule has 1 saturated carbocycles. The lowest BCUT2D eigenvalue weighted by atomic mass is 9.66. The van der Waals surface area contributed by atoms with Gasteiger partial charge in [0.1, 0.15) is 23.0 Å². The van der Waals surface area contributed by atoms with E-state index < -0.39 is 10.8 Å². The topological polar surface area (TPSA) is 80.9 Å². The number of hydrogen-bond donors (Lipinski definition) is 4. The average Bonchev–Trinajstić information content (AvgIpc) is 3.22. The number of para-hydroxylation sites is 4. The van der Waals surface area contributed by atoms with Crippen molar-refractivity contribution < 1.29 is 20.4 Å². The van der Waals surface area contributed by atoms with Crippen LogP contribution in [0.3, 0.4) is 0 Å². The van der Waals surface area contributed by atoms with Crippen LogP contribution in [0.15, 0.2) is 97.1 Å². The molecule has 5 rings (SSSR count). The number of rotatable bonds is 4. The van der Waals surface area contributed by atoms with Crippen molar-refractivity contribution in [3.63, 3.8) is 0 Å². The third-order valence-electron chi connectivity index (χ3n) is 7.26. The van der Waals surface area contributed by atoms with E-state index >= 15 is 0 Å². The molecule has 0 heterocycles. The van der Waals surface area contributed by atoms with Crippen LogP contribution in [0.5, 0.6) is 23.0 Å². The molecule has 4 heteroatoms. The second-order valence-corrected chi connectivity index (χ2v) is 8.91. The fraction of sp³-hybridized carbons (Fsp3) is 0.172. The zero-order chi connectivity index (χ0) is 23.1. The minimum Gasteiger partial charge on any atom is -0.508 e. The molecule has 4 aromatic rings. The Kier molecular flexibility index (Phi) is 5.01. The Bertz CT molecular complexity index is 1120. The van der Waals surface area contributed by atoms with E-state index in [1.165, 1.54) is 0 Å². The number of phenolic OH excluding ortho intramolecular Hbond substituents is 4. The molecule has 166 valence electrons. The molecule has 0 amide bonds. The highest BCUT2D eigenvalue weighted by Gasteiger charge is 2.54. The van der Waals surface area contributed by atoms with Crippen LogP contribution < -0.4 is 0 Å². The molecule has 0 atom stereocenters. The minimum absolute atomic E-state index is 0.158. The molecular formula is C29H26O4. The maximum atomic E-state index is 10.9. The Morgan fingerprint density at radius 2 is 0.636 bits per heavy atom. The Hall–Kier alpha value is -3.92. The van der Waals surface area contributed by atoms with Gasteiger partial charge in [0.15, 0.2) is 0 Å². The molecule has 4 aromatic carbocycles. The fourth-order valence-electron chi connectivity index (χ4n) is 5.84. The quantitative estimate of drug-likeness (QED) is 0.317. The molecule has 0 saturated heterocycles. The van der Waals surface area contributed by atoms with Gasteiger partial charge in [-0.25, -0.2) is 0 Å². The van der Waals surface area contributed by atoms with E-state index in [0.29, 0.717) is 19.3 Å². The van der Waals surface area contributed by atoms with Gasteiger partial charge in [-0.3, -0.25) is 0 Å². The van der Waals surface area contributed by atoms with E-state index in [1.807, 2.05) is 48.5 Å². The maximum Gasteiger partial charge on any atom is 0.119 e. The van der Waals surface area contributed by atoms with Crippen molar-refractivity contribution in [1.82, 2.24) is 0 Å². The Balaban J connectivity index is 1.82. The van der Waals surface area contributed by atoms with E-state index in [0.717, 1.165) is 22.3 Å². The normalized spacial score (nSPS) is 16.5. The Morgan fingerprint density at radius 3 is 0.879 bits per heavy atom. The van der Waals surface area contributed by atoms with Gasteiger partial charge >= 0.3 is 0 Å². The van der Waals surface area contributed by atoms with E-state index in [-0.39, 0.29) is 23.0 Å². The van der Waals surface area contributed by atoms with Crippen molar-refractivity contribution in [2.75, 3.05) is 0 Å². The smallest absolute Gasteiger partial charge is 0.119 e. The highest BCUT2D eigenvalue weighted by Crippen LogP contribution is 2.62. The summed E-state index contributed by atoms with van der Waals surface area (Å²) in [5.41, 5.74) is 1.42. The van der Waals surface area contributed by atoms with Gasteiger partial charge in [0.05, 0.1) is 0 Å². The summed E-state index contributed by atoms with van der Waals surface area (Å²) in [6.45, 7) is 0. The van der Waals surface area contributed by atoms with Crippen LogP contribution in [-0.2, 0) is 10.8 Å². The summed E-state index contributed by atoms with van der Waals surface area (Å²) < 4.78 is 0. The number of phenols is 4. The van der Waals surface area contributed by atoms with Crippen molar-refractivity contribution in [2.45, 2.75) is 30.1 Å². The SMILES string of the molecule is Oc1ccccc1C1(c2ccccc2O)CCC(c2ccccc2O)(c2ccccc2O)C1. The van der Waals surface area contributed by atoms with Gasteiger partial charge in [0.2, 0.25) is 0 Å². The van der Waals surface area contributed by atoms with Crippen molar-refractivity contribution in [3.05, 3.63) is 119 Å². The molecule has 1 aliphatic carbocycles. The molecule has 4 N–H and O–H groups in total. The lowest BCUT2D eigenvalue weighted by Crippen LogP contribution is -2.31. The summed E-state index contributed by atoms with van der Waals surface area (Å²) in [7, 11) is 0. The van der Waals surface area contributed by atoms with Gasteiger partial charge in [0.25, 0.3) is 0 Å². The molecule has 0 aromatic heterocycles. The first-order valence-electron chi connectivity index (χ1n) is 11.1. The molecule has 1 fully saturated rings. The van der Waals surface area contributed by atoms with E-state index in [9.17, 15) is 20.4 Å². The van der Waals surface area contributed by atoms with Crippen LogP contribution in [0.1, 0.15) is 41.5 Å². The van der Waals surface area contributed by atoms with E-state index in [2.05, 4.69) is 0 Å². The predicted octanol–water partition coefficient (Wildman–Crippen LogP) is 5.97.